The normalized spacial score (nSPS) is 13.9. The predicted octanol–water partition coefficient (Wildman–Crippen LogP) is 2.22. The van der Waals surface area contributed by atoms with E-state index in [0.717, 1.165) is 13.0 Å². The van der Waals surface area contributed by atoms with E-state index in [2.05, 4.69) is 29.1 Å². The molecule has 0 saturated heterocycles. The first kappa shape index (κ1) is 13.7. The summed E-state index contributed by atoms with van der Waals surface area (Å²) in [5.74, 6) is 0.277. The maximum atomic E-state index is 11.0. The molecule has 1 N–H and O–H groups in total. The van der Waals surface area contributed by atoms with Crippen LogP contribution in [-0.2, 0) is 9.84 Å². The fraction of sp³-hybridized carbons (Fsp3) is 0.636. The van der Waals surface area contributed by atoms with Gasteiger partial charge in [0.1, 0.15) is 9.84 Å². The van der Waals surface area contributed by atoms with Crippen LogP contribution in [0.15, 0.2) is 16.8 Å². The van der Waals surface area contributed by atoms with Gasteiger partial charge < -0.3 is 5.32 Å². The van der Waals surface area contributed by atoms with Crippen molar-refractivity contribution >= 4 is 21.2 Å². The van der Waals surface area contributed by atoms with Crippen LogP contribution in [-0.4, -0.2) is 27.0 Å². The molecule has 1 unspecified atom stereocenters. The first-order valence-corrected chi connectivity index (χ1v) is 8.46. The van der Waals surface area contributed by atoms with Gasteiger partial charge >= 0.3 is 0 Å². The zero-order valence-electron chi connectivity index (χ0n) is 9.77. The average molecular weight is 261 g/mol. The van der Waals surface area contributed by atoms with E-state index in [1.165, 1.54) is 11.8 Å². The molecule has 0 fully saturated rings. The highest BCUT2D eigenvalue weighted by molar-refractivity contribution is 7.90. The zero-order valence-corrected chi connectivity index (χ0v) is 11.4. The second kappa shape index (κ2) is 6.37. The highest BCUT2D eigenvalue weighted by Crippen LogP contribution is 2.21. The molecule has 1 heterocycles. The second-order valence-corrected chi connectivity index (χ2v) is 6.98. The van der Waals surface area contributed by atoms with Crippen LogP contribution in [0.2, 0.25) is 0 Å². The van der Waals surface area contributed by atoms with Crippen molar-refractivity contribution in [2.45, 2.75) is 25.8 Å². The lowest BCUT2D eigenvalue weighted by Crippen LogP contribution is -2.21. The van der Waals surface area contributed by atoms with E-state index in [9.17, 15) is 8.42 Å². The molecule has 0 spiro atoms. The van der Waals surface area contributed by atoms with Crippen LogP contribution in [0.25, 0.3) is 0 Å². The smallest absolute Gasteiger partial charge is 0.147 e. The van der Waals surface area contributed by atoms with Crippen LogP contribution in [0.5, 0.6) is 0 Å². The minimum Gasteiger partial charge on any atom is -0.310 e. The molecule has 0 bridgehead atoms. The molecule has 1 atom stereocenters. The van der Waals surface area contributed by atoms with E-state index >= 15 is 0 Å². The molecule has 16 heavy (non-hydrogen) atoms. The maximum absolute atomic E-state index is 11.0. The molecule has 0 saturated carbocycles. The van der Waals surface area contributed by atoms with Gasteiger partial charge in [0.2, 0.25) is 0 Å². The van der Waals surface area contributed by atoms with Crippen LogP contribution in [0.1, 0.15) is 31.4 Å². The molecular weight excluding hydrogens is 242 g/mol. The summed E-state index contributed by atoms with van der Waals surface area (Å²) in [7, 11) is -2.83. The van der Waals surface area contributed by atoms with Gasteiger partial charge in [0.25, 0.3) is 0 Å². The van der Waals surface area contributed by atoms with E-state index in [4.69, 9.17) is 0 Å². The zero-order chi connectivity index (χ0) is 12.0. The van der Waals surface area contributed by atoms with Crippen LogP contribution in [0.3, 0.4) is 0 Å². The number of hydrogen-bond donors (Lipinski definition) is 1. The Morgan fingerprint density at radius 2 is 2.25 bits per heavy atom. The standard InChI is InChI=1S/C11H19NO2S2/c1-3-12-11(10-6-7-15-9-10)5-4-8-16(2,13)14/h6-7,9,11-12H,3-5,8H2,1-2H3. The van der Waals surface area contributed by atoms with Crippen molar-refractivity contribution in [3.05, 3.63) is 22.4 Å². The first-order chi connectivity index (χ1) is 7.53. The molecule has 1 rings (SSSR count). The molecule has 5 heteroatoms. The van der Waals surface area contributed by atoms with Crippen LogP contribution >= 0.6 is 11.3 Å². The number of sulfone groups is 1. The summed E-state index contributed by atoms with van der Waals surface area (Å²) < 4.78 is 22.1. The van der Waals surface area contributed by atoms with Crippen LogP contribution in [0.4, 0.5) is 0 Å². The fourth-order valence-corrected chi connectivity index (χ4v) is 3.06. The van der Waals surface area contributed by atoms with Gasteiger partial charge in [0, 0.05) is 18.1 Å². The van der Waals surface area contributed by atoms with Gasteiger partial charge in [-0.1, -0.05) is 6.92 Å². The Morgan fingerprint density at radius 3 is 2.75 bits per heavy atom. The lowest BCUT2D eigenvalue weighted by Gasteiger charge is -2.16. The fourth-order valence-electron chi connectivity index (χ4n) is 1.66. The molecule has 0 aliphatic rings. The molecule has 3 nitrogen and oxygen atoms in total. The van der Waals surface area contributed by atoms with Crippen LogP contribution < -0.4 is 5.32 Å². The quantitative estimate of drug-likeness (QED) is 0.818. The highest BCUT2D eigenvalue weighted by atomic mass is 32.2. The Bertz CT molecular complexity index is 384. The van der Waals surface area contributed by atoms with E-state index in [-0.39, 0.29) is 11.8 Å². The number of rotatable bonds is 7. The minimum absolute atomic E-state index is 0.277. The Hall–Kier alpha value is -0.390. The van der Waals surface area contributed by atoms with E-state index in [0.29, 0.717) is 6.42 Å². The molecule has 1 aromatic heterocycles. The number of hydrogen-bond acceptors (Lipinski definition) is 4. The van der Waals surface area contributed by atoms with Gasteiger partial charge in [-0.25, -0.2) is 8.42 Å². The third kappa shape index (κ3) is 5.09. The SMILES string of the molecule is CCNC(CCCS(C)(=O)=O)c1ccsc1. The predicted molar refractivity (Wildman–Crippen MR) is 69.7 cm³/mol. The van der Waals surface area contributed by atoms with E-state index in [1.807, 2.05) is 0 Å². The minimum atomic E-state index is -2.83. The molecule has 1 aromatic rings. The largest absolute Gasteiger partial charge is 0.310 e. The summed E-state index contributed by atoms with van der Waals surface area (Å²) in [5, 5.41) is 7.55. The highest BCUT2D eigenvalue weighted by Gasteiger charge is 2.11. The maximum Gasteiger partial charge on any atom is 0.147 e. The summed E-state index contributed by atoms with van der Waals surface area (Å²) in [6.45, 7) is 2.97. The van der Waals surface area contributed by atoms with Crippen molar-refractivity contribution in [2.24, 2.45) is 0 Å². The molecule has 0 radical (unpaired) electrons. The third-order valence-corrected chi connectivity index (χ3v) is 4.14. The Balaban J connectivity index is 2.47. The van der Waals surface area contributed by atoms with Crippen molar-refractivity contribution in [1.29, 1.82) is 0 Å². The Labute approximate surface area is 102 Å². The summed E-state index contributed by atoms with van der Waals surface area (Å²) in [6.07, 6.45) is 2.88. The molecular formula is C11H19NO2S2. The Morgan fingerprint density at radius 1 is 1.50 bits per heavy atom. The summed E-state index contributed by atoms with van der Waals surface area (Å²) >= 11 is 1.67. The third-order valence-electron chi connectivity index (χ3n) is 2.40. The lowest BCUT2D eigenvalue weighted by molar-refractivity contribution is 0.508. The number of nitrogens with one attached hydrogen (secondary N) is 1. The molecule has 0 amide bonds. The van der Waals surface area contributed by atoms with Gasteiger partial charge in [-0.2, -0.15) is 11.3 Å². The Kier molecular flexibility index (Phi) is 5.44. The monoisotopic (exact) mass is 261 g/mol. The first-order valence-electron chi connectivity index (χ1n) is 5.46. The topological polar surface area (TPSA) is 46.2 Å². The van der Waals surface area contributed by atoms with Gasteiger partial charge in [0.05, 0.1) is 0 Å². The summed E-state index contributed by atoms with van der Waals surface area (Å²) in [5.41, 5.74) is 1.26. The molecule has 0 aliphatic carbocycles. The van der Waals surface area contributed by atoms with Gasteiger partial charge in [-0.3, -0.25) is 0 Å². The van der Waals surface area contributed by atoms with Gasteiger partial charge in [0.15, 0.2) is 0 Å². The molecule has 0 aliphatic heterocycles. The van der Waals surface area contributed by atoms with E-state index in [1.54, 1.807) is 11.3 Å². The van der Waals surface area contributed by atoms with Crippen molar-refractivity contribution in [1.82, 2.24) is 5.32 Å². The second-order valence-electron chi connectivity index (χ2n) is 3.94. The van der Waals surface area contributed by atoms with Crippen molar-refractivity contribution in [3.63, 3.8) is 0 Å². The molecule has 92 valence electrons. The van der Waals surface area contributed by atoms with Gasteiger partial charge in [-0.15, -0.1) is 0 Å². The summed E-state index contributed by atoms with van der Waals surface area (Å²) in [6, 6.07) is 2.39. The average Bonchev–Trinajstić information content (AvgIpc) is 2.67. The van der Waals surface area contributed by atoms with Crippen LogP contribution in [0, 0.1) is 0 Å². The van der Waals surface area contributed by atoms with Gasteiger partial charge in [-0.05, 0) is 41.8 Å². The summed E-state index contributed by atoms with van der Waals surface area (Å²) in [4.78, 5) is 0. The number of thiophene rings is 1. The molecule has 0 aromatic carbocycles. The van der Waals surface area contributed by atoms with Crippen molar-refractivity contribution < 1.29 is 8.42 Å². The lowest BCUT2D eigenvalue weighted by atomic mass is 10.1. The van der Waals surface area contributed by atoms with E-state index < -0.39 is 9.84 Å². The van der Waals surface area contributed by atoms with Crippen molar-refractivity contribution in [3.8, 4) is 0 Å². The van der Waals surface area contributed by atoms with Crippen molar-refractivity contribution in [2.75, 3.05) is 18.6 Å².